The summed E-state index contributed by atoms with van der Waals surface area (Å²) < 4.78 is 0. The van der Waals surface area contributed by atoms with E-state index in [1.165, 1.54) is 49.9 Å². The number of unbranched alkanes of at least 4 members (excludes halogenated alkanes) is 4. The Morgan fingerprint density at radius 1 is 1.12 bits per heavy atom. The molecule has 0 atom stereocenters. The zero-order chi connectivity index (χ0) is 17.2. The number of fused-ring (bicyclic) bond motifs is 1. The third kappa shape index (κ3) is 7.52. The summed E-state index contributed by atoms with van der Waals surface area (Å²) in [6, 6.07) is 8.68. The highest BCUT2D eigenvalue weighted by molar-refractivity contribution is 14.0. The van der Waals surface area contributed by atoms with Crippen LogP contribution < -0.4 is 10.2 Å². The maximum atomic E-state index is 4.86. The van der Waals surface area contributed by atoms with E-state index >= 15 is 0 Å². The number of aliphatic imine (C=N–C) groups is 1. The molecule has 0 amide bonds. The van der Waals surface area contributed by atoms with Gasteiger partial charge in [-0.05, 0) is 58.5 Å². The van der Waals surface area contributed by atoms with Crippen LogP contribution in [0.3, 0.4) is 0 Å². The molecule has 2 rings (SSSR count). The van der Waals surface area contributed by atoms with Gasteiger partial charge in [0.25, 0.3) is 0 Å². The van der Waals surface area contributed by atoms with Crippen LogP contribution in [0.15, 0.2) is 29.3 Å². The normalized spacial score (nSPS) is 13.8. The average Bonchev–Trinajstić information content (AvgIpc) is 3.00. The lowest BCUT2D eigenvalue weighted by atomic mass is 10.1. The molecule has 0 saturated carbocycles. The summed E-state index contributed by atoms with van der Waals surface area (Å²) in [7, 11) is 4.29. The molecule has 1 aliphatic rings. The van der Waals surface area contributed by atoms with Crippen LogP contribution in [0.4, 0.5) is 5.69 Å². The Hall–Kier alpha value is -0.820. The minimum Gasteiger partial charge on any atom is -0.356 e. The molecule has 0 radical (unpaired) electrons. The van der Waals surface area contributed by atoms with Crippen molar-refractivity contribution < 1.29 is 0 Å². The Labute approximate surface area is 171 Å². The Bertz CT molecular complexity index is 516. The van der Waals surface area contributed by atoms with Crippen molar-refractivity contribution in [3.05, 3.63) is 29.8 Å². The van der Waals surface area contributed by atoms with Crippen LogP contribution in [-0.4, -0.2) is 51.1 Å². The summed E-state index contributed by atoms with van der Waals surface area (Å²) in [5.41, 5.74) is 2.75. The molecule has 1 aliphatic heterocycles. The van der Waals surface area contributed by atoms with Gasteiger partial charge in [0.05, 0.1) is 0 Å². The van der Waals surface area contributed by atoms with E-state index in [9.17, 15) is 0 Å². The van der Waals surface area contributed by atoms with Crippen molar-refractivity contribution >= 4 is 35.6 Å². The molecule has 5 heteroatoms. The van der Waals surface area contributed by atoms with Gasteiger partial charge in [0.15, 0.2) is 5.96 Å². The SMILES string of the molecule is CCNC(=NCCCCCCCN(C)C)N1CCc2ccccc21.I. The molecular formula is C20H35IN4. The summed E-state index contributed by atoms with van der Waals surface area (Å²) in [6.07, 6.45) is 7.56. The van der Waals surface area contributed by atoms with Crippen LogP contribution in [0.1, 0.15) is 44.6 Å². The number of hydrogen-bond donors (Lipinski definition) is 1. The maximum Gasteiger partial charge on any atom is 0.198 e. The molecule has 4 nitrogen and oxygen atoms in total. The van der Waals surface area contributed by atoms with Gasteiger partial charge in [-0.1, -0.05) is 37.5 Å². The molecule has 1 N–H and O–H groups in total. The number of hydrogen-bond acceptors (Lipinski definition) is 2. The lowest BCUT2D eigenvalue weighted by Gasteiger charge is -2.22. The lowest BCUT2D eigenvalue weighted by molar-refractivity contribution is 0.390. The summed E-state index contributed by atoms with van der Waals surface area (Å²) >= 11 is 0. The highest BCUT2D eigenvalue weighted by atomic mass is 127. The number of nitrogens with one attached hydrogen (secondary N) is 1. The molecule has 1 heterocycles. The van der Waals surface area contributed by atoms with Gasteiger partial charge in [-0.2, -0.15) is 0 Å². The number of para-hydroxylation sites is 1. The molecule has 0 aromatic heterocycles. The molecular weight excluding hydrogens is 423 g/mol. The van der Waals surface area contributed by atoms with E-state index in [1.54, 1.807) is 0 Å². The molecule has 25 heavy (non-hydrogen) atoms. The summed E-state index contributed by atoms with van der Waals surface area (Å²) in [4.78, 5) is 9.47. The fraction of sp³-hybridized carbons (Fsp3) is 0.650. The highest BCUT2D eigenvalue weighted by Crippen LogP contribution is 2.27. The molecule has 0 saturated heterocycles. The number of anilines is 1. The van der Waals surface area contributed by atoms with E-state index in [0.29, 0.717) is 0 Å². The predicted octanol–water partition coefficient (Wildman–Crippen LogP) is 4.14. The van der Waals surface area contributed by atoms with Crippen molar-refractivity contribution in [1.29, 1.82) is 0 Å². The van der Waals surface area contributed by atoms with Gasteiger partial charge in [-0.15, -0.1) is 24.0 Å². The van der Waals surface area contributed by atoms with Crippen molar-refractivity contribution in [1.82, 2.24) is 10.2 Å². The molecule has 0 unspecified atom stereocenters. The van der Waals surface area contributed by atoms with E-state index in [4.69, 9.17) is 4.99 Å². The van der Waals surface area contributed by atoms with Gasteiger partial charge in [0.2, 0.25) is 0 Å². The molecule has 142 valence electrons. The van der Waals surface area contributed by atoms with Crippen LogP contribution in [0.5, 0.6) is 0 Å². The second-order valence-corrected chi connectivity index (χ2v) is 6.84. The van der Waals surface area contributed by atoms with Gasteiger partial charge in [0, 0.05) is 25.3 Å². The second-order valence-electron chi connectivity index (χ2n) is 6.84. The fourth-order valence-corrected chi connectivity index (χ4v) is 3.21. The third-order valence-electron chi connectivity index (χ3n) is 4.50. The third-order valence-corrected chi connectivity index (χ3v) is 4.50. The van der Waals surface area contributed by atoms with Gasteiger partial charge in [-0.3, -0.25) is 4.99 Å². The monoisotopic (exact) mass is 458 g/mol. The number of halogens is 1. The number of benzene rings is 1. The Morgan fingerprint density at radius 3 is 2.60 bits per heavy atom. The standard InChI is InChI=1S/C20H34N4.HI/c1-4-21-20(22-15-10-6-5-7-11-16-23(2)3)24-17-14-18-12-8-9-13-19(18)24;/h8-9,12-13H,4-7,10-11,14-17H2,1-3H3,(H,21,22);1H. The van der Waals surface area contributed by atoms with Crippen molar-refractivity contribution in [2.24, 2.45) is 4.99 Å². The molecule has 0 spiro atoms. The van der Waals surface area contributed by atoms with Crippen LogP contribution in [0, 0.1) is 0 Å². The molecule has 1 aromatic carbocycles. The zero-order valence-corrected chi connectivity index (χ0v) is 18.5. The number of rotatable bonds is 9. The van der Waals surface area contributed by atoms with Crippen LogP contribution in [-0.2, 0) is 6.42 Å². The minimum atomic E-state index is 0. The lowest BCUT2D eigenvalue weighted by Crippen LogP contribution is -2.40. The molecule has 0 bridgehead atoms. The molecule has 0 aliphatic carbocycles. The summed E-state index contributed by atoms with van der Waals surface area (Å²) in [6.45, 7) is 6.23. The van der Waals surface area contributed by atoms with Gasteiger partial charge in [0.1, 0.15) is 0 Å². The Kier molecular flexibility index (Phi) is 11.1. The largest absolute Gasteiger partial charge is 0.356 e. The predicted molar refractivity (Wildman–Crippen MR) is 121 cm³/mol. The Morgan fingerprint density at radius 2 is 1.84 bits per heavy atom. The zero-order valence-electron chi connectivity index (χ0n) is 16.1. The number of nitrogens with zero attached hydrogens (tertiary/aromatic N) is 3. The number of guanidine groups is 1. The van der Waals surface area contributed by atoms with Crippen molar-refractivity contribution in [2.45, 2.75) is 45.4 Å². The van der Waals surface area contributed by atoms with Crippen LogP contribution in [0.25, 0.3) is 0 Å². The van der Waals surface area contributed by atoms with Crippen molar-refractivity contribution in [3.8, 4) is 0 Å². The highest BCUT2D eigenvalue weighted by Gasteiger charge is 2.22. The van der Waals surface area contributed by atoms with E-state index in [-0.39, 0.29) is 24.0 Å². The van der Waals surface area contributed by atoms with Crippen LogP contribution in [0.2, 0.25) is 0 Å². The smallest absolute Gasteiger partial charge is 0.198 e. The van der Waals surface area contributed by atoms with E-state index in [1.807, 2.05) is 0 Å². The average molecular weight is 458 g/mol. The van der Waals surface area contributed by atoms with E-state index in [2.05, 4.69) is 60.4 Å². The van der Waals surface area contributed by atoms with Gasteiger partial charge < -0.3 is 15.1 Å². The van der Waals surface area contributed by atoms with Crippen molar-refractivity contribution in [3.63, 3.8) is 0 Å². The first kappa shape index (κ1) is 22.2. The van der Waals surface area contributed by atoms with Gasteiger partial charge in [-0.25, -0.2) is 0 Å². The first-order chi connectivity index (χ1) is 11.7. The van der Waals surface area contributed by atoms with E-state index < -0.39 is 0 Å². The van der Waals surface area contributed by atoms with Crippen LogP contribution >= 0.6 is 24.0 Å². The summed E-state index contributed by atoms with van der Waals surface area (Å²) in [5.74, 6) is 1.05. The molecule has 1 aromatic rings. The van der Waals surface area contributed by atoms with Gasteiger partial charge >= 0.3 is 0 Å². The maximum absolute atomic E-state index is 4.86. The molecule has 0 fully saturated rings. The first-order valence-electron chi connectivity index (χ1n) is 9.51. The minimum absolute atomic E-state index is 0. The topological polar surface area (TPSA) is 30.9 Å². The van der Waals surface area contributed by atoms with E-state index in [0.717, 1.165) is 32.0 Å². The first-order valence-corrected chi connectivity index (χ1v) is 9.51. The summed E-state index contributed by atoms with van der Waals surface area (Å²) in [5, 5.41) is 3.46. The van der Waals surface area contributed by atoms with Crippen molar-refractivity contribution in [2.75, 3.05) is 45.2 Å². The quantitative estimate of drug-likeness (QED) is 0.261. The Balaban J connectivity index is 0.00000312. The second kappa shape index (κ2) is 12.5. The fourth-order valence-electron chi connectivity index (χ4n) is 3.21.